The summed E-state index contributed by atoms with van der Waals surface area (Å²) in [7, 11) is 0. The third-order valence-electron chi connectivity index (χ3n) is 3.47. The van der Waals surface area contributed by atoms with Crippen LogP contribution in [0.25, 0.3) is 0 Å². The number of aromatic nitrogens is 1. The predicted molar refractivity (Wildman–Crippen MR) is 94.4 cm³/mol. The van der Waals surface area contributed by atoms with E-state index in [2.05, 4.69) is 20.7 Å². The summed E-state index contributed by atoms with van der Waals surface area (Å²) in [5, 5.41) is 2.40. The minimum Gasteiger partial charge on any atom is -0.378 e. The molecule has 2 amide bonds. The molecule has 1 aliphatic heterocycles. The number of carbonyl (C=O) groups is 3. The van der Waals surface area contributed by atoms with Crippen molar-refractivity contribution in [1.82, 2.24) is 15.8 Å². The summed E-state index contributed by atoms with van der Waals surface area (Å²) in [6, 6.07) is 3.13. The topological polar surface area (TPSA) is 101 Å². The predicted octanol–water partition coefficient (Wildman–Crippen LogP) is 1.32. The second-order valence-electron chi connectivity index (χ2n) is 5.24. The maximum absolute atomic E-state index is 12.1. The number of carbonyl (C=O) groups excluding carboxylic acids is 3. The highest BCUT2D eigenvalue weighted by Crippen LogP contribution is 2.21. The Morgan fingerprint density at radius 3 is 2.48 bits per heavy atom. The molecule has 2 aromatic heterocycles. The number of amides is 2. The lowest BCUT2D eigenvalue weighted by Gasteiger charge is -2.25. The molecule has 0 atom stereocenters. The van der Waals surface area contributed by atoms with Crippen molar-refractivity contribution in [3.63, 3.8) is 0 Å². The van der Waals surface area contributed by atoms with Gasteiger partial charge in [0, 0.05) is 18.5 Å². The van der Waals surface area contributed by atoms with Gasteiger partial charge in [0.2, 0.25) is 0 Å². The first kappa shape index (κ1) is 17.5. The Kier molecular flexibility index (Phi) is 5.41. The molecule has 1 saturated heterocycles. The zero-order valence-electron chi connectivity index (χ0n) is 13.4. The van der Waals surface area contributed by atoms with E-state index in [-0.39, 0.29) is 11.5 Å². The molecule has 3 heterocycles. The Morgan fingerprint density at radius 2 is 1.80 bits per heavy atom. The summed E-state index contributed by atoms with van der Waals surface area (Å²) in [5.41, 5.74) is 4.90. The highest BCUT2D eigenvalue weighted by molar-refractivity contribution is 7.16. The molecule has 0 unspecified atom stereocenters. The quantitative estimate of drug-likeness (QED) is 0.613. The van der Waals surface area contributed by atoms with Crippen molar-refractivity contribution in [2.45, 2.75) is 6.92 Å². The van der Waals surface area contributed by atoms with Gasteiger partial charge >= 0.3 is 0 Å². The van der Waals surface area contributed by atoms with Gasteiger partial charge in [-0.2, -0.15) is 0 Å². The molecule has 1 fully saturated rings. The van der Waals surface area contributed by atoms with Gasteiger partial charge in [0.25, 0.3) is 11.8 Å². The van der Waals surface area contributed by atoms with E-state index in [9.17, 15) is 14.4 Å². The van der Waals surface area contributed by atoms with Gasteiger partial charge in [-0.3, -0.25) is 25.2 Å². The van der Waals surface area contributed by atoms with Gasteiger partial charge in [-0.15, -0.1) is 22.7 Å². The lowest BCUT2D eigenvalue weighted by molar-refractivity contribution is 0.0846. The number of ketones is 1. The first-order valence-electron chi connectivity index (χ1n) is 7.54. The number of thiophene rings is 1. The number of anilines is 1. The average Bonchev–Trinajstić information content (AvgIpc) is 3.29. The molecule has 0 radical (unpaired) electrons. The molecule has 2 aromatic rings. The largest absolute Gasteiger partial charge is 0.378 e. The first-order chi connectivity index (χ1) is 12.0. The minimum absolute atomic E-state index is 0.105. The second-order valence-corrected chi connectivity index (χ2v) is 7.16. The average molecular weight is 380 g/mol. The van der Waals surface area contributed by atoms with Crippen LogP contribution in [0.1, 0.15) is 36.8 Å². The van der Waals surface area contributed by atoms with Crippen molar-refractivity contribution in [1.29, 1.82) is 0 Å². The van der Waals surface area contributed by atoms with E-state index < -0.39 is 11.8 Å². The molecule has 0 spiro atoms. The van der Waals surface area contributed by atoms with Crippen LogP contribution in [-0.4, -0.2) is 48.9 Å². The van der Waals surface area contributed by atoms with Gasteiger partial charge in [-0.1, -0.05) is 0 Å². The molecule has 1 aliphatic rings. The zero-order valence-corrected chi connectivity index (χ0v) is 15.0. The van der Waals surface area contributed by atoms with E-state index in [1.54, 1.807) is 17.5 Å². The van der Waals surface area contributed by atoms with Crippen molar-refractivity contribution in [2.75, 3.05) is 31.2 Å². The fourth-order valence-electron chi connectivity index (χ4n) is 2.16. The Labute approximate surface area is 151 Å². The number of morpholine rings is 1. The van der Waals surface area contributed by atoms with Crippen LogP contribution in [0.15, 0.2) is 17.5 Å². The van der Waals surface area contributed by atoms with Crippen molar-refractivity contribution < 1.29 is 19.1 Å². The molecule has 2 N–H and O–H groups in total. The first-order valence-corrected chi connectivity index (χ1v) is 9.24. The van der Waals surface area contributed by atoms with Crippen molar-refractivity contribution in [3.05, 3.63) is 33.0 Å². The number of hydrogen-bond acceptors (Lipinski definition) is 8. The number of nitrogens with zero attached hydrogens (tertiary/aromatic N) is 2. The number of hydrogen-bond donors (Lipinski definition) is 2. The van der Waals surface area contributed by atoms with E-state index in [1.807, 2.05) is 0 Å². The lowest BCUT2D eigenvalue weighted by Crippen LogP contribution is -2.41. The molecule has 10 heteroatoms. The molecule has 3 rings (SSSR count). The number of Topliss-reactive ketones (excluding diaryl/α,β-unsaturated/α-hetero) is 1. The van der Waals surface area contributed by atoms with Crippen molar-refractivity contribution in [2.24, 2.45) is 0 Å². The van der Waals surface area contributed by atoms with Crippen LogP contribution in [0.5, 0.6) is 0 Å². The fraction of sp³-hybridized carbons (Fsp3) is 0.333. The van der Waals surface area contributed by atoms with E-state index in [0.717, 1.165) is 29.6 Å². The monoisotopic (exact) mass is 380 g/mol. The lowest BCUT2D eigenvalue weighted by atomic mass is 10.3. The van der Waals surface area contributed by atoms with E-state index in [1.165, 1.54) is 18.3 Å². The molecule has 0 bridgehead atoms. The van der Waals surface area contributed by atoms with Crippen LogP contribution in [-0.2, 0) is 4.74 Å². The highest BCUT2D eigenvalue weighted by Gasteiger charge is 2.18. The summed E-state index contributed by atoms with van der Waals surface area (Å²) in [6.45, 7) is 4.19. The van der Waals surface area contributed by atoms with Crippen LogP contribution in [0, 0.1) is 0 Å². The van der Waals surface area contributed by atoms with Gasteiger partial charge in [-0.25, -0.2) is 4.98 Å². The van der Waals surface area contributed by atoms with E-state index >= 15 is 0 Å². The maximum Gasteiger partial charge on any atom is 0.289 e. The van der Waals surface area contributed by atoms with Gasteiger partial charge in [0.15, 0.2) is 10.9 Å². The summed E-state index contributed by atoms with van der Waals surface area (Å²) in [5.74, 6) is -1.08. The maximum atomic E-state index is 12.1. The number of hydrazine groups is 1. The van der Waals surface area contributed by atoms with Crippen LogP contribution in [0.4, 0.5) is 5.13 Å². The number of thiazole rings is 1. The van der Waals surface area contributed by atoms with E-state index in [0.29, 0.717) is 23.0 Å². The molecule has 0 saturated carbocycles. The standard InChI is InChI=1S/C15H16N4O4S2/c1-9(20)11-2-3-12(25-11)14(22)18-17-13(21)10-8-24-15(16-10)19-4-6-23-7-5-19/h2-3,8H,4-7H2,1H3,(H,17,21)(H,18,22). The normalized spacial score (nSPS) is 14.2. The van der Waals surface area contributed by atoms with Crippen LogP contribution in [0.2, 0.25) is 0 Å². The Hall–Kier alpha value is -2.30. The molecular weight excluding hydrogens is 364 g/mol. The smallest absolute Gasteiger partial charge is 0.289 e. The summed E-state index contributed by atoms with van der Waals surface area (Å²) < 4.78 is 5.29. The SMILES string of the molecule is CC(=O)c1ccc(C(=O)NNC(=O)c2csc(N3CCOCC3)n2)s1. The van der Waals surface area contributed by atoms with Gasteiger partial charge in [-0.05, 0) is 19.1 Å². The van der Waals surface area contributed by atoms with Gasteiger partial charge in [0.05, 0.1) is 23.0 Å². The molecule has 0 aliphatic carbocycles. The van der Waals surface area contributed by atoms with Crippen molar-refractivity contribution >= 4 is 45.4 Å². The summed E-state index contributed by atoms with van der Waals surface area (Å²) >= 11 is 2.45. The van der Waals surface area contributed by atoms with Crippen LogP contribution >= 0.6 is 22.7 Å². The fourth-order valence-corrected chi connectivity index (χ4v) is 3.81. The Bertz CT molecular complexity index is 795. The highest BCUT2D eigenvalue weighted by atomic mass is 32.1. The second kappa shape index (κ2) is 7.72. The zero-order chi connectivity index (χ0) is 17.8. The molecule has 0 aromatic carbocycles. The molecular formula is C15H16N4O4S2. The van der Waals surface area contributed by atoms with Gasteiger partial charge in [0.1, 0.15) is 5.69 Å². The summed E-state index contributed by atoms with van der Waals surface area (Å²) in [6.07, 6.45) is 0. The van der Waals surface area contributed by atoms with E-state index in [4.69, 9.17) is 4.74 Å². The Balaban J connectivity index is 1.56. The Morgan fingerprint density at radius 1 is 1.12 bits per heavy atom. The van der Waals surface area contributed by atoms with Crippen molar-refractivity contribution in [3.8, 4) is 0 Å². The third kappa shape index (κ3) is 4.21. The molecule has 25 heavy (non-hydrogen) atoms. The van der Waals surface area contributed by atoms with Crippen LogP contribution < -0.4 is 15.8 Å². The third-order valence-corrected chi connectivity index (χ3v) is 5.56. The number of nitrogens with one attached hydrogen (secondary N) is 2. The number of ether oxygens (including phenoxy) is 1. The number of rotatable bonds is 4. The van der Waals surface area contributed by atoms with Gasteiger partial charge < -0.3 is 9.64 Å². The van der Waals surface area contributed by atoms with Crippen LogP contribution in [0.3, 0.4) is 0 Å². The molecule has 8 nitrogen and oxygen atoms in total. The molecule has 132 valence electrons. The summed E-state index contributed by atoms with van der Waals surface area (Å²) in [4.78, 5) is 42.6. The minimum atomic E-state index is -0.493.